The topological polar surface area (TPSA) is 76.9 Å². The Morgan fingerprint density at radius 3 is 2.45 bits per heavy atom. The predicted molar refractivity (Wildman–Crippen MR) is 119 cm³/mol. The number of aryl methyl sites for hydroxylation is 2. The Balaban J connectivity index is 1.53. The summed E-state index contributed by atoms with van der Waals surface area (Å²) in [6, 6.07) is 16.2. The van der Waals surface area contributed by atoms with Crippen molar-refractivity contribution in [1.29, 1.82) is 0 Å². The molecule has 0 radical (unpaired) electrons. The molecular formula is C23H19FN4O2S. The largest absolute Gasteiger partial charge is 0.296 e. The normalized spacial score (nSPS) is 10.8. The van der Waals surface area contributed by atoms with Crippen LogP contribution in [0.5, 0.6) is 0 Å². The van der Waals surface area contributed by atoms with Crippen LogP contribution >= 0.6 is 11.3 Å². The molecule has 0 saturated heterocycles. The maximum Gasteiger partial charge on any atom is 0.277 e. The Morgan fingerprint density at radius 2 is 1.74 bits per heavy atom. The summed E-state index contributed by atoms with van der Waals surface area (Å²) in [4.78, 5) is 30.3. The first-order valence-corrected chi connectivity index (χ1v) is 10.4. The van der Waals surface area contributed by atoms with E-state index in [0.717, 1.165) is 21.7 Å². The number of carbonyl (C=O) groups excluding carboxylic acids is 1. The summed E-state index contributed by atoms with van der Waals surface area (Å²) in [6.45, 7) is 3.95. The number of nitrogens with one attached hydrogen (secondary N) is 1. The van der Waals surface area contributed by atoms with Gasteiger partial charge in [0.2, 0.25) is 0 Å². The fraction of sp³-hybridized carbons (Fsp3) is 0.130. The highest BCUT2D eigenvalue weighted by Gasteiger charge is 2.15. The minimum atomic E-state index is -0.480. The van der Waals surface area contributed by atoms with Gasteiger partial charge in [-0.3, -0.25) is 14.9 Å². The van der Waals surface area contributed by atoms with E-state index in [1.54, 1.807) is 0 Å². The van der Waals surface area contributed by atoms with Crippen LogP contribution in [-0.4, -0.2) is 20.7 Å². The lowest BCUT2D eigenvalue weighted by molar-refractivity contribution is 0.102. The monoisotopic (exact) mass is 434 g/mol. The van der Waals surface area contributed by atoms with Crippen molar-refractivity contribution in [2.75, 3.05) is 5.32 Å². The van der Waals surface area contributed by atoms with Gasteiger partial charge in [-0.15, -0.1) is 11.3 Å². The molecule has 0 aliphatic rings. The second-order valence-corrected chi connectivity index (χ2v) is 8.17. The second kappa shape index (κ2) is 8.61. The van der Waals surface area contributed by atoms with Gasteiger partial charge in [-0.05, 0) is 49.7 Å². The molecular weight excluding hydrogens is 415 g/mol. The van der Waals surface area contributed by atoms with Gasteiger partial charge in [0.1, 0.15) is 11.5 Å². The van der Waals surface area contributed by atoms with E-state index in [1.807, 2.05) is 13.8 Å². The van der Waals surface area contributed by atoms with Crippen molar-refractivity contribution >= 4 is 22.4 Å². The molecule has 0 bridgehead atoms. The lowest BCUT2D eigenvalue weighted by Gasteiger charge is -2.06. The highest BCUT2D eigenvalue weighted by Crippen LogP contribution is 2.25. The lowest BCUT2D eigenvalue weighted by Crippen LogP contribution is -2.24. The number of benzene rings is 2. The third-order valence-electron chi connectivity index (χ3n) is 4.70. The highest BCUT2D eigenvalue weighted by molar-refractivity contribution is 7.15. The van der Waals surface area contributed by atoms with Gasteiger partial charge in [-0.25, -0.2) is 9.37 Å². The zero-order valence-electron chi connectivity index (χ0n) is 16.9. The van der Waals surface area contributed by atoms with Gasteiger partial charge in [-0.2, -0.15) is 9.78 Å². The highest BCUT2D eigenvalue weighted by atomic mass is 32.1. The standard InChI is InChI=1S/C23H19FN4O2S/c1-14-3-5-16(6-4-14)13-20-15(2)25-23(31-20)26-22(30)19-11-12-21(29)28(27-19)18-9-7-17(24)8-10-18/h3-12H,13H2,1-2H3,(H,25,26,30). The van der Waals surface area contributed by atoms with Crippen molar-refractivity contribution in [2.24, 2.45) is 0 Å². The van der Waals surface area contributed by atoms with E-state index in [0.29, 0.717) is 10.8 Å². The van der Waals surface area contributed by atoms with Crippen LogP contribution in [0.1, 0.15) is 32.2 Å². The van der Waals surface area contributed by atoms with Crippen LogP contribution in [0.15, 0.2) is 65.5 Å². The molecule has 0 saturated carbocycles. The van der Waals surface area contributed by atoms with E-state index in [9.17, 15) is 14.0 Å². The maximum absolute atomic E-state index is 13.2. The number of nitrogens with zero attached hydrogens (tertiary/aromatic N) is 3. The van der Waals surface area contributed by atoms with Gasteiger partial charge in [0.15, 0.2) is 5.13 Å². The molecule has 31 heavy (non-hydrogen) atoms. The van der Waals surface area contributed by atoms with Crippen LogP contribution < -0.4 is 10.9 Å². The first-order chi connectivity index (χ1) is 14.9. The molecule has 6 nitrogen and oxygen atoms in total. The van der Waals surface area contributed by atoms with E-state index in [4.69, 9.17) is 0 Å². The summed E-state index contributed by atoms with van der Waals surface area (Å²) < 4.78 is 14.2. The Morgan fingerprint density at radius 1 is 1.03 bits per heavy atom. The third-order valence-corrected chi connectivity index (χ3v) is 5.78. The van der Waals surface area contributed by atoms with Crippen molar-refractivity contribution in [3.05, 3.63) is 104 Å². The number of thiazole rings is 1. The van der Waals surface area contributed by atoms with Crippen molar-refractivity contribution < 1.29 is 9.18 Å². The Labute approximate surface area is 182 Å². The molecule has 1 amide bonds. The molecule has 2 aromatic heterocycles. The fourth-order valence-electron chi connectivity index (χ4n) is 3.00. The minimum absolute atomic E-state index is 0.0527. The van der Waals surface area contributed by atoms with Gasteiger partial charge in [0.25, 0.3) is 11.5 Å². The molecule has 0 spiro atoms. The molecule has 0 fully saturated rings. The van der Waals surface area contributed by atoms with Crippen LogP contribution in [0.3, 0.4) is 0 Å². The molecule has 0 aliphatic carbocycles. The predicted octanol–water partition coefficient (Wildman–Crippen LogP) is 4.29. The van der Waals surface area contributed by atoms with E-state index >= 15 is 0 Å². The van der Waals surface area contributed by atoms with Gasteiger partial charge >= 0.3 is 0 Å². The zero-order valence-corrected chi connectivity index (χ0v) is 17.7. The van der Waals surface area contributed by atoms with Crippen molar-refractivity contribution in [3.8, 4) is 5.69 Å². The number of carbonyl (C=O) groups is 1. The summed E-state index contributed by atoms with van der Waals surface area (Å²) in [5, 5.41) is 7.34. The molecule has 2 aromatic carbocycles. The number of anilines is 1. The number of hydrogen-bond acceptors (Lipinski definition) is 5. The minimum Gasteiger partial charge on any atom is -0.296 e. The van der Waals surface area contributed by atoms with E-state index < -0.39 is 17.3 Å². The molecule has 4 rings (SSSR count). The summed E-state index contributed by atoms with van der Waals surface area (Å²) in [7, 11) is 0. The number of hydrogen-bond donors (Lipinski definition) is 1. The van der Waals surface area contributed by atoms with Crippen LogP contribution in [0.4, 0.5) is 9.52 Å². The fourth-order valence-corrected chi connectivity index (χ4v) is 3.99. The summed E-state index contributed by atoms with van der Waals surface area (Å²) >= 11 is 1.41. The third kappa shape index (κ3) is 4.75. The average molecular weight is 434 g/mol. The van der Waals surface area contributed by atoms with Crippen LogP contribution in [0.2, 0.25) is 0 Å². The molecule has 0 atom stereocenters. The zero-order chi connectivity index (χ0) is 22.0. The lowest BCUT2D eigenvalue weighted by atomic mass is 10.1. The quantitative estimate of drug-likeness (QED) is 0.508. The van der Waals surface area contributed by atoms with E-state index in [1.165, 1.54) is 58.9 Å². The smallest absolute Gasteiger partial charge is 0.277 e. The van der Waals surface area contributed by atoms with Crippen molar-refractivity contribution in [3.63, 3.8) is 0 Å². The summed E-state index contributed by atoms with van der Waals surface area (Å²) in [5.74, 6) is -0.905. The molecule has 156 valence electrons. The first kappa shape index (κ1) is 20.6. The molecule has 1 N–H and O–H groups in total. The number of rotatable bonds is 5. The van der Waals surface area contributed by atoms with Crippen molar-refractivity contribution in [1.82, 2.24) is 14.8 Å². The van der Waals surface area contributed by atoms with Gasteiger partial charge < -0.3 is 0 Å². The second-order valence-electron chi connectivity index (χ2n) is 7.09. The SMILES string of the molecule is Cc1ccc(Cc2sc(NC(=O)c3ccc(=O)n(-c4ccc(F)cc4)n3)nc2C)cc1. The maximum atomic E-state index is 13.2. The Hall–Kier alpha value is -3.65. The van der Waals surface area contributed by atoms with Crippen LogP contribution in [0.25, 0.3) is 5.69 Å². The number of amides is 1. The molecule has 4 aromatic rings. The van der Waals surface area contributed by atoms with Crippen LogP contribution in [0, 0.1) is 19.7 Å². The average Bonchev–Trinajstić information content (AvgIpc) is 3.09. The molecule has 2 heterocycles. The van der Waals surface area contributed by atoms with Gasteiger partial charge in [0, 0.05) is 17.4 Å². The van der Waals surface area contributed by atoms with Crippen LogP contribution in [-0.2, 0) is 6.42 Å². The first-order valence-electron chi connectivity index (χ1n) is 9.58. The van der Waals surface area contributed by atoms with E-state index in [2.05, 4.69) is 39.7 Å². The van der Waals surface area contributed by atoms with Gasteiger partial charge in [0.05, 0.1) is 11.4 Å². The van der Waals surface area contributed by atoms with Crippen molar-refractivity contribution in [2.45, 2.75) is 20.3 Å². The Kier molecular flexibility index (Phi) is 5.73. The van der Waals surface area contributed by atoms with E-state index in [-0.39, 0.29) is 5.69 Å². The number of halogens is 1. The molecule has 0 unspecified atom stereocenters. The summed E-state index contributed by atoms with van der Waals surface area (Å²) in [5.41, 5.74) is 3.22. The Bertz CT molecular complexity index is 1290. The molecule has 8 heteroatoms. The number of aromatic nitrogens is 3. The van der Waals surface area contributed by atoms with Gasteiger partial charge in [-0.1, -0.05) is 29.8 Å². The summed E-state index contributed by atoms with van der Waals surface area (Å²) in [6.07, 6.45) is 0.730. The molecule has 0 aliphatic heterocycles.